The maximum atomic E-state index is 6.79. The molecule has 0 unspecified atom stereocenters. The Morgan fingerprint density at radius 2 is 1.86 bits per heavy atom. The summed E-state index contributed by atoms with van der Waals surface area (Å²) >= 11 is 0. The predicted molar refractivity (Wildman–Crippen MR) is 138 cm³/mol. The molecule has 7 nitrogen and oxygen atoms in total. The molecule has 1 fully saturated rings. The Bertz CT molecular complexity index is 1340. The summed E-state index contributed by atoms with van der Waals surface area (Å²) in [6, 6.07) is 13.0. The van der Waals surface area contributed by atoms with Crippen molar-refractivity contribution in [3.63, 3.8) is 0 Å². The number of hydrogen-bond acceptors (Lipinski definition) is 7. The molecule has 0 radical (unpaired) electrons. The molecule has 4 aliphatic rings. The fourth-order valence-electron chi connectivity index (χ4n) is 6.65. The minimum absolute atomic E-state index is 0.130. The third kappa shape index (κ3) is 3.21. The van der Waals surface area contributed by atoms with E-state index in [1.807, 2.05) is 12.3 Å². The highest BCUT2D eigenvalue weighted by molar-refractivity contribution is 6.11. The van der Waals surface area contributed by atoms with E-state index in [0.717, 1.165) is 91.9 Å². The van der Waals surface area contributed by atoms with Gasteiger partial charge in [0, 0.05) is 31.9 Å². The number of nitrogens with zero attached hydrogens (tertiary/aromatic N) is 6. The Hall–Kier alpha value is -3.32. The normalized spacial score (nSPS) is 22.1. The molecule has 1 aliphatic carbocycles. The van der Waals surface area contributed by atoms with Crippen LogP contribution in [0, 0.1) is 12.3 Å². The lowest BCUT2D eigenvalue weighted by Gasteiger charge is -2.43. The smallest absolute Gasteiger partial charge is 0.156 e. The Kier molecular flexibility index (Phi) is 4.71. The summed E-state index contributed by atoms with van der Waals surface area (Å²) < 4.78 is 0. The van der Waals surface area contributed by atoms with Crippen LogP contribution in [0.25, 0.3) is 0 Å². The minimum Gasteiger partial charge on any atom is -0.355 e. The lowest BCUT2D eigenvalue weighted by atomic mass is 9.73. The SMILES string of the molecule is Cc1nc2c(nc1N1CCC3(CC1)Cc1ccccc1[C@H]3N)CN=C2N1CCCc2ncccc21. The number of amidine groups is 1. The fraction of sp³-hybridized carbons (Fsp3) is 0.429. The summed E-state index contributed by atoms with van der Waals surface area (Å²) in [6.07, 6.45) is 7.23. The van der Waals surface area contributed by atoms with Crippen LogP contribution in [0.3, 0.4) is 0 Å². The number of aromatic nitrogens is 3. The van der Waals surface area contributed by atoms with Crippen molar-refractivity contribution in [2.24, 2.45) is 16.1 Å². The summed E-state index contributed by atoms with van der Waals surface area (Å²) in [5, 5.41) is 0. The molecular formula is C28H31N7. The van der Waals surface area contributed by atoms with Crippen LogP contribution < -0.4 is 15.5 Å². The molecule has 0 amide bonds. The molecule has 5 heterocycles. The molecule has 3 aromatic rings. The predicted octanol–water partition coefficient (Wildman–Crippen LogP) is 3.74. The summed E-state index contributed by atoms with van der Waals surface area (Å²) in [6.45, 7) is 5.56. The van der Waals surface area contributed by atoms with Gasteiger partial charge in [0.25, 0.3) is 0 Å². The van der Waals surface area contributed by atoms with Crippen LogP contribution in [0.1, 0.15) is 59.2 Å². The first kappa shape index (κ1) is 21.0. The Morgan fingerprint density at radius 3 is 2.71 bits per heavy atom. The average Bonchev–Trinajstić information content (AvgIpc) is 3.42. The standard InChI is InChI=1S/C28H31N7/c1-18-26(34-14-10-28(11-15-34)16-19-6-2-3-7-20(19)25(28)29)33-22-17-31-27(24(22)32-18)35-13-5-8-21-23(35)9-4-12-30-21/h2-4,6-7,9,12,25H,5,8,10-11,13-17,29H2,1H3/t25-/m1/s1. The van der Waals surface area contributed by atoms with E-state index in [0.29, 0.717) is 6.54 Å². The first-order chi connectivity index (χ1) is 17.1. The average molecular weight is 466 g/mol. The van der Waals surface area contributed by atoms with Crippen molar-refractivity contribution in [3.05, 3.63) is 76.5 Å². The molecule has 2 N–H and O–H groups in total. The van der Waals surface area contributed by atoms with Crippen LogP contribution in [0.4, 0.5) is 11.5 Å². The third-order valence-corrected chi connectivity index (χ3v) is 8.57. The molecule has 7 rings (SSSR count). The summed E-state index contributed by atoms with van der Waals surface area (Å²) in [5.41, 5.74) is 14.9. The van der Waals surface area contributed by atoms with Crippen LogP contribution in [-0.4, -0.2) is 40.4 Å². The molecular weight excluding hydrogens is 434 g/mol. The number of aryl methyl sites for hydroxylation is 2. The summed E-state index contributed by atoms with van der Waals surface area (Å²) in [4.78, 5) is 24.4. The number of benzene rings is 1. The van der Waals surface area contributed by atoms with Gasteiger partial charge in [-0.15, -0.1) is 0 Å². The molecule has 1 saturated heterocycles. The van der Waals surface area contributed by atoms with Gasteiger partial charge in [0.05, 0.1) is 29.3 Å². The lowest BCUT2D eigenvalue weighted by molar-refractivity contribution is 0.187. The Labute approximate surface area is 206 Å². The molecule has 2 aromatic heterocycles. The second-order valence-corrected chi connectivity index (χ2v) is 10.5. The molecule has 3 aliphatic heterocycles. The van der Waals surface area contributed by atoms with Gasteiger partial charge in [-0.25, -0.2) is 9.97 Å². The fourth-order valence-corrected chi connectivity index (χ4v) is 6.65. The van der Waals surface area contributed by atoms with E-state index in [9.17, 15) is 0 Å². The number of piperidine rings is 1. The largest absolute Gasteiger partial charge is 0.355 e. The van der Waals surface area contributed by atoms with Crippen LogP contribution in [-0.2, 0) is 19.4 Å². The minimum atomic E-state index is 0.130. The topological polar surface area (TPSA) is 83.5 Å². The third-order valence-electron chi connectivity index (χ3n) is 8.57. The van der Waals surface area contributed by atoms with Gasteiger partial charge in [-0.2, -0.15) is 0 Å². The maximum Gasteiger partial charge on any atom is 0.156 e. The number of hydrogen-bond donors (Lipinski definition) is 1. The number of fused-ring (bicyclic) bond motifs is 3. The lowest BCUT2D eigenvalue weighted by Crippen LogP contribution is -2.45. The van der Waals surface area contributed by atoms with Crippen molar-refractivity contribution < 1.29 is 0 Å². The van der Waals surface area contributed by atoms with Crippen LogP contribution >= 0.6 is 0 Å². The number of pyridine rings is 1. The van der Waals surface area contributed by atoms with E-state index < -0.39 is 0 Å². The highest BCUT2D eigenvalue weighted by atomic mass is 15.3. The Balaban J connectivity index is 1.13. The first-order valence-corrected chi connectivity index (χ1v) is 12.9. The van der Waals surface area contributed by atoms with Crippen molar-refractivity contribution in [1.82, 2.24) is 15.0 Å². The van der Waals surface area contributed by atoms with Gasteiger partial charge >= 0.3 is 0 Å². The van der Waals surface area contributed by atoms with E-state index in [4.69, 9.17) is 20.7 Å². The van der Waals surface area contributed by atoms with Gasteiger partial charge in [0.1, 0.15) is 11.5 Å². The van der Waals surface area contributed by atoms with Crippen molar-refractivity contribution in [3.8, 4) is 0 Å². The molecule has 0 bridgehead atoms. The highest BCUT2D eigenvalue weighted by Crippen LogP contribution is 2.51. The van der Waals surface area contributed by atoms with Crippen LogP contribution in [0.5, 0.6) is 0 Å². The first-order valence-electron chi connectivity index (χ1n) is 12.9. The monoisotopic (exact) mass is 465 g/mol. The van der Waals surface area contributed by atoms with Gasteiger partial charge < -0.3 is 15.5 Å². The van der Waals surface area contributed by atoms with E-state index in [1.165, 1.54) is 11.1 Å². The van der Waals surface area contributed by atoms with E-state index in [2.05, 4.69) is 52.0 Å². The van der Waals surface area contributed by atoms with Gasteiger partial charge in [-0.05, 0) is 67.7 Å². The molecule has 1 spiro atoms. The van der Waals surface area contributed by atoms with E-state index in [1.54, 1.807) is 0 Å². The van der Waals surface area contributed by atoms with Crippen molar-refractivity contribution >= 4 is 17.3 Å². The number of aliphatic imine (C=N–C) groups is 1. The van der Waals surface area contributed by atoms with E-state index >= 15 is 0 Å². The highest BCUT2D eigenvalue weighted by Gasteiger charge is 2.46. The van der Waals surface area contributed by atoms with Gasteiger partial charge in [-0.1, -0.05) is 24.3 Å². The summed E-state index contributed by atoms with van der Waals surface area (Å²) in [7, 11) is 0. The molecule has 7 heteroatoms. The molecule has 1 atom stereocenters. The number of rotatable bonds is 1. The zero-order chi connectivity index (χ0) is 23.6. The zero-order valence-corrected chi connectivity index (χ0v) is 20.2. The second kappa shape index (κ2) is 7.85. The van der Waals surface area contributed by atoms with Crippen molar-refractivity contribution in [2.45, 2.75) is 51.6 Å². The molecule has 1 aromatic carbocycles. The zero-order valence-electron chi connectivity index (χ0n) is 20.2. The van der Waals surface area contributed by atoms with Gasteiger partial charge in [0.15, 0.2) is 5.84 Å². The van der Waals surface area contributed by atoms with Crippen molar-refractivity contribution in [2.75, 3.05) is 29.4 Å². The van der Waals surface area contributed by atoms with Gasteiger partial charge in [0.2, 0.25) is 0 Å². The quantitative estimate of drug-likeness (QED) is 0.590. The maximum absolute atomic E-state index is 6.79. The van der Waals surface area contributed by atoms with Crippen LogP contribution in [0.2, 0.25) is 0 Å². The molecule has 35 heavy (non-hydrogen) atoms. The van der Waals surface area contributed by atoms with Crippen molar-refractivity contribution in [1.29, 1.82) is 0 Å². The van der Waals surface area contributed by atoms with E-state index in [-0.39, 0.29) is 11.5 Å². The second-order valence-electron chi connectivity index (χ2n) is 10.5. The number of anilines is 2. The molecule has 0 saturated carbocycles. The molecule has 178 valence electrons. The summed E-state index contributed by atoms with van der Waals surface area (Å²) in [5.74, 6) is 1.96. The number of nitrogens with two attached hydrogens (primary N) is 1. The Morgan fingerprint density at radius 1 is 1.00 bits per heavy atom. The van der Waals surface area contributed by atoms with Gasteiger partial charge in [-0.3, -0.25) is 9.98 Å². The van der Waals surface area contributed by atoms with Crippen LogP contribution in [0.15, 0.2) is 47.6 Å².